The van der Waals surface area contributed by atoms with E-state index in [9.17, 15) is 0 Å². The topological polar surface area (TPSA) is 28.2 Å². The molecule has 0 aliphatic rings. The van der Waals surface area contributed by atoms with Gasteiger partial charge in [-0.15, -0.1) is 0 Å². The lowest BCUT2D eigenvalue weighted by Crippen LogP contribution is -2.29. The van der Waals surface area contributed by atoms with Gasteiger partial charge in [0.1, 0.15) is 0 Å². The summed E-state index contributed by atoms with van der Waals surface area (Å²) in [4.78, 5) is 6.42. The van der Waals surface area contributed by atoms with Crippen LogP contribution < -0.4 is 5.32 Å². The van der Waals surface area contributed by atoms with Crippen molar-refractivity contribution >= 4 is 0 Å². The lowest BCUT2D eigenvalue weighted by atomic mass is 10.2. The van der Waals surface area contributed by atoms with Crippen LogP contribution in [0.1, 0.15) is 5.56 Å². The summed E-state index contributed by atoms with van der Waals surface area (Å²) in [5, 5.41) is 3.14. The first kappa shape index (κ1) is 11.1. The zero-order chi connectivity index (χ0) is 10.2. The minimum atomic E-state index is 1.05. The van der Waals surface area contributed by atoms with Gasteiger partial charge in [0.15, 0.2) is 0 Å². The van der Waals surface area contributed by atoms with Crippen LogP contribution in [0.5, 0.6) is 0 Å². The second-order valence-electron chi connectivity index (χ2n) is 3.52. The number of rotatable bonds is 6. The summed E-state index contributed by atoms with van der Waals surface area (Å²) < 4.78 is 0. The molecule has 3 nitrogen and oxygen atoms in total. The summed E-state index contributed by atoms with van der Waals surface area (Å²) in [7, 11) is 4.13. The van der Waals surface area contributed by atoms with Gasteiger partial charge in [-0.3, -0.25) is 4.98 Å². The molecule has 1 aromatic rings. The predicted octanol–water partition coefficient (Wildman–Crippen LogP) is 0.775. The molecule has 0 aliphatic carbocycles. The molecule has 0 unspecified atom stereocenters. The maximum atomic E-state index is 4.09. The molecule has 1 rings (SSSR count). The molecule has 0 saturated carbocycles. The number of hydrogen-bond donors (Lipinski definition) is 1. The van der Waals surface area contributed by atoms with Gasteiger partial charge in [0, 0.05) is 32.0 Å². The van der Waals surface area contributed by atoms with Gasteiger partial charge >= 0.3 is 0 Å². The van der Waals surface area contributed by atoms with E-state index in [-0.39, 0.29) is 0 Å². The smallest absolute Gasteiger partial charge is 0.0300 e. The van der Waals surface area contributed by atoms with Gasteiger partial charge in [-0.05, 0) is 32.1 Å². The third-order valence-corrected chi connectivity index (χ3v) is 2.25. The summed E-state index contributed by atoms with van der Waals surface area (Å²) in [6.45, 7) is 3.23. The largest absolute Gasteiger partial charge is 0.318 e. The summed E-state index contributed by atoms with van der Waals surface area (Å²) in [5.41, 5.74) is 1.31. The molecule has 0 fully saturated rings. The molecule has 78 valence electrons. The first-order valence-corrected chi connectivity index (χ1v) is 5.05. The Balaban J connectivity index is 2.20. The number of aromatic nitrogens is 1. The normalized spacial score (nSPS) is 10.8. The van der Waals surface area contributed by atoms with Crippen molar-refractivity contribution in [2.24, 2.45) is 0 Å². The number of nitrogens with zero attached hydrogens (tertiary/aromatic N) is 2. The zero-order valence-electron chi connectivity index (χ0n) is 9.03. The molecule has 14 heavy (non-hydrogen) atoms. The van der Waals surface area contributed by atoms with Crippen LogP contribution >= 0.6 is 0 Å². The molecule has 1 N–H and O–H groups in total. The third-order valence-electron chi connectivity index (χ3n) is 2.25. The highest BCUT2D eigenvalue weighted by Crippen LogP contribution is 1.97. The SMILES string of the molecule is CNCCN(C)CCc1cccnc1. The average Bonchev–Trinajstić information content (AvgIpc) is 2.25. The fraction of sp³-hybridized carbons (Fsp3) is 0.545. The first-order valence-electron chi connectivity index (χ1n) is 5.05. The van der Waals surface area contributed by atoms with Crippen LogP contribution in [0.25, 0.3) is 0 Å². The molecule has 1 heterocycles. The van der Waals surface area contributed by atoms with Gasteiger partial charge in [-0.2, -0.15) is 0 Å². The van der Waals surface area contributed by atoms with Crippen LogP contribution in [0, 0.1) is 0 Å². The third kappa shape index (κ3) is 4.35. The highest BCUT2D eigenvalue weighted by Gasteiger charge is 1.97. The van der Waals surface area contributed by atoms with Crippen molar-refractivity contribution in [2.75, 3.05) is 33.7 Å². The molecular weight excluding hydrogens is 174 g/mol. The fourth-order valence-electron chi connectivity index (χ4n) is 1.28. The average molecular weight is 193 g/mol. The molecule has 0 radical (unpaired) electrons. The number of hydrogen-bond acceptors (Lipinski definition) is 3. The van der Waals surface area contributed by atoms with E-state index >= 15 is 0 Å². The molecular formula is C11H19N3. The van der Waals surface area contributed by atoms with Crippen molar-refractivity contribution in [1.29, 1.82) is 0 Å². The molecule has 0 spiro atoms. The quantitative estimate of drug-likeness (QED) is 0.723. The van der Waals surface area contributed by atoms with E-state index in [2.05, 4.69) is 28.3 Å². The Morgan fingerprint density at radius 1 is 1.43 bits per heavy atom. The lowest BCUT2D eigenvalue weighted by Gasteiger charge is -2.15. The number of nitrogens with one attached hydrogen (secondary N) is 1. The van der Waals surface area contributed by atoms with Crippen molar-refractivity contribution in [1.82, 2.24) is 15.2 Å². The zero-order valence-corrected chi connectivity index (χ0v) is 9.03. The minimum Gasteiger partial charge on any atom is -0.318 e. The molecule has 3 heteroatoms. The standard InChI is InChI=1S/C11H19N3/c1-12-7-9-14(2)8-5-11-4-3-6-13-10-11/h3-4,6,10,12H,5,7-9H2,1-2H3. The van der Waals surface area contributed by atoms with Crippen LogP contribution in [-0.4, -0.2) is 43.6 Å². The molecule has 0 amide bonds. The van der Waals surface area contributed by atoms with E-state index in [4.69, 9.17) is 0 Å². The number of likely N-dealkylation sites (N-methyl/N-ethyl adjacent to an activating group) is 2. The summed E-state index contributed by atoms with van der Waals surface area (Å²) in [6, 6.07) is 4.11. The van der Waals surface area contributed by atoms with E-state index in [1.54, 1.807) is 0 Å². The number of pyridine rings is 1. The molecule has 0 atom stereocenters. The van der Waals surface area contributed by atoms with Crippen molar-refractivity contribution in [3.05, 3.63) is 30.1 Å². The second kappa shape index (κ2) is 6.51. The van der Waals surface area contributed by atoms with Gasteiger partial charge in [0.25, 0.3) is 0 Å². The Morgan fingerprint density at radius 2 is 2.29 bits per heavy atom. The monoisotopic (exact) mass is 193 g/mol. The Kier molecular flexibility index (Phi) is 5.19. The maximum Gasteiger partial charge on any atom is 0.0300 e. The van der Waals surface area contributed by atoms with Gasteiger partial charge in [0.05, 0.1) is 0 Å². The molecule has 0 saturated heterocycles. The van der Waals surface area contributed by atoms with E-state index in [1.165, 1.54) is 5.56 Å². The second-order valence-corrected chi connectivity index (χ2v) is 3.52. The van der Waals surface area contributed by atoms with Crippen LogP contribution in [0.2, 0.25) is 0 Å². The summed E-state index contributed by atoms with van der Waals surface area (Å²) in [5.74, 6) is 0. The van der Waals surface area contributed by atoms with Crippen molar-refractivity contribution in [3.63, 3.8) is 0 Å². The maximum absolute atomic E-state index is 4.09. The molecule has 1 aromatic heterocycles. The van der Waals surface area contributed by atoms with Gasteiger partial charge in [-0.1, -0.05) is 6.07 Å². The predicted molar refractivity (Wildman–Crippen MR) is 59.4 cm³/mol. The van der Waals surface area contributed by atoms with E-state index in [0.717, 1.165) is 26.1 Å². The summed E-state index contributed by atoms with van der Waals surface area (Å²) >= 11 is 0. The van der Waals surface area contributed by atoms with Crippen LogP contribution in [0.4, 0.5) is 0 Å². The Morgan fingerprint density at radius 3 is 2.93 bits per heavy atom. The molecule has 0 aromatic carbocycles. The molecule has 0 aliphatic heterocycles. The van der Waals surface area contributed by atoms with Gasteiger partial charge in [0.2, 0.25) is 0 Å². The highest BCUT2D eigenvalue weighted by molar-refractivity contribution is 5.08. The van der Waals surface area contributed by atoms with Crippen molar-refractivity contribution in [3.8, 4) is 0 Å². The Bertz CT molecular complexity index is 236. The van der Waals surface area contributed by atoms with E-state index < -0.39 is 0 Å². The van der Waals surface area contributed by atoms with Crippen LogP contribution in [-0.2, 0) is 6.42 Å². The lowest BCUT2D eigenvalue weighted by molar-refractivity contribution is 0.339. The van der Waals surface area contributed by atoms with E-state index in [1.807, 2.05) is 25.5 Å². The van der Waals surface area contributed by atoms with Crippen LogP contribution in [0.15, 0.2) is 24.5 Å². The van der Waals surface area contributed by atoms with E-state index in [0.29, 0.717) is 0 Å². The molecule has 0 bridgehead atoms. The van der Waals surface area contributed by atoms with Crippen LogP contribution in [0.3, 0.4) is 0 Å². The summed E-state index contributed by atoms with van der Waals surface area (Å²) in [6.07, 6.45) is 4.83. The van der Waals surface area contributed by atoms with Crippen molar-refractivity contribution in [2.45, 2.75) is 6.42 Å². The Hall–Kier alpha value is -0.930. The van der Waals surface area contributed by atoms with Gasteiger partial charge < -0.3 is 10.2 Å². The Labute approximate surface area is 86.2 Å². The highest BCUT2D eigenvalue weighted by atomic mass is 15.1. The van der Waals surface area contributed by atoms with Crippen molar-refractivity contribution < 1.29 is 0 Å². The fourth-order valence-corrected chi connectivity index (χ4v) is 1.28. The first-order chi connectivity index (χ1) is 6.83. The minimum absolute atomic E-state index is 1.05. The van der Waals surface area contributed by atoms with Gasteiger partial charge in [-0.25, -0.2) is 0 Å².